The van der Waals surface area contributed by atoms with Crippen LogP contribution in [0.25, 0.3) is 0 Å². The Morgan fingerprint density at radius 1 is 1.35 bits per heavy atom. The number of ether oxygens (including phenoxy) is 1. The van der Waals surface area contributed by atoms with Crippen molar-refractivity contribution in [1.29, 1.82) is 0 Å². The summed E-state index contributed by atoms with van der Waals surface area (Å²) in [5.74, 6) is 0. The van der Waals surface area contributed by atoms with E-state index in [1.807, 2.05) is 4.98 Å². The monoisotopic (exact) mass is 348 g/mol. The Morgan fingerprint density at radius 2 is 2.05 bits per heavy atom. The van der Waals surface area contributed by atoms with Crippen LogP contribution >= 0.6 is 15.9 Å². The second-order valence-corrected chi connectivity index (χ2v) is 4.87. The molecule has 0 spiro atoms. The third-order valence-electron chi connectivity index (χ3n) is 3.06. The van der Waals surface area contributed by atoms with Gasteiger partial charge in [0.25, 0.3) is 5.56 Å². The highest BCUT2D eigenvalue weighted by Gasteiger charge is 2.46. The summed E-state index contributed by atoms with van der Waals surface area (Å²) in [4.78, 5) is 28.2. The molecule has 2 unspecified atom stereocenters. The van der Waals surface area contributed by atoms with Crippen LogP contribution in [0, 0.1) is 0 Å². The number of aromatic amines is 2. The minimum absolute atomic E-state index is 0.0336. The number of aliphatic hydroxyl groups is 3. The van der Waals surface area contributed by atoms with Crippen LogP contribution in [0.3, 0.4) is 0 Å². The summed E-state index contributed by atoms with van der Waals surface area (Å²) >= 11 is 2.98. The third-order valence-corrected chi connectivity index (χ3v) is 3.37. The quantitative estimate of drug-likeness (QED) is 0.450. The zero-order valence-corrected chi connectivity index (χ0v) is 11.6. The van der Waals surface area contributed by atoms with E-state index in [1.165, 1.54) is 11.1 Å². The Kier molecular flexibility index (Phi) is 4.55. The Morgan fingerprint density at radius 3 is 2.65 bits per heavy atom. The number of H-pyrrole nitrogens is 2. The van der Waals surface area contributed by atoms with Crippen molar-refractivity contribution < 1.29 is 20.1 Å². The molecule has 0 aromatic carbocycles. The van der Waals surface area contributed by atoms with Gasteiger partial charge in [0.05, 0.1) is 5.56 Å². The summed E-state index contributed by atoms with van der Waals surface area (Å²) in [6.45, 7) is 0. The van der Waals surface area contributed by atoms with Gasteiger partial charge in [-0.05, 0) is 11.1 Å². The summed E-state index contributed by atoms with van der Waals surface area (Å²) in [7, 11) is 0. The van der Waals surface area contributed by atoms with Gasteiger partial charge >= 0.3 is 5.69 Å². The highest BCUT2D eigenvalue weighted by molar-refractivity contribution is 9.11. The van der Waals surface area contributed by atoms with Gasteiger partial charge < -0.3 is 25.0 Å². The summed E-state index contributed by atoms with van der Waals surface area (Å²) in [6.07, 6.45) is -3.73. The number of halogens is 1. The second kappa shape index (κ2) is 6.02. The fourth-order valence-corrected chi connectivity index (χ4v) is 2.37. The average molecular weight is 349 g/mol. The highest BCUT2D eigenvalue weighted by Crippen LogP contribution is 2.33. The molecule has 2 heterocycles. The molecule has 8 nitrogen and oxygen atoms in total. The highest BCUT2D eigenvalue weighted by atomic mass is 79.9. The van der Waals surface area contributed by atoms with Gasteiger partial charge in [0.1, 0.15) is 30.5 Å². The zero-order chi connectivity index (χ0) is 14.9. The molecular formula is C11H13BrN2O6. The van der Waals surface area contributed by atoms with Crippen LogP contribution in [-0.2, 0) is 4.74 Å². The van der Waals surface area contributed by atoms with E-state index in [0.29, 0.717) is 0 Å². The summed E-state index contributed by atoms with van der Waals surface area (Å²) in [5, 5.41) is 29.5. The molecule has 5 atom stereocenters. The van der Waals surface area contributed by atoms with Crippen molar-refractivity contribution in [3.05, 3.63) is 43.7 Å². The van der Waals surface area contributed by atoms with Crippen LogP contribution in [0.2, 0.25) is 0 Å². The van der Waals surface area contributed by atoms with Crippen molar-refractivity contribution in [2.75, 3.05) is 0 Å². The largest absolute Gasteiger partial charge is 0.387 e. The minimum atomic E-state index is -1.40. The van der Waals surface area contributed by atoms with E-state index >= 15 is 0 Å². The molecule has 0 bridgehead atoms. The maximum Gasteiger partial charge on any atom is 0.325 e. The molecule has 2 rings (SSSR count). The van der Waals surface area contributed by atoms with E-state index in [0.717, 1.165) is 6.20 Å². The number of rotatable bonds is 3. The lowest BCUT2D eigenvalue weighted by Gasteiger charge is -2.17. The predicted molar refractivity (Wildman–Crippen MR) is 71.4 cm³/mol. The molecule has 1 aliphatic rings. The molecular weight excluding hydrogens is 336 g/mol. The molecule has 1 aromatic rings. The van der Waals surface area contributed by atoms with Gasteiger partial charge in [0, 0.05) is 6.20 Å². The predicted octanol–water partition coefficient (Wildman–Crippen LogP) is -1.51. The molecule has 0 amide bonds. The van der Waals surface area contributed by atoms with E-state index in [-0.39, 0.29) is 5.56 Å². The first kappa shape index (κ1) is 15.1. The van der Waals surface area contributed by atoms with Crippen molar-refractivity contribution in [2.24, 2.45) is 0 Å². The Hall–Kier alpha value is -1.26. The molecule has 0 radical (unpaired) electrons. The number of nitrogens with one attached hydrogen (secondary N) is 2. The molecule has 1 aliphatic heterocycles. The second-order valence-electron chi connectivity index (χ2n) is 4.34. The molecule has 1 aromatic heterocycles. The van der Waals surface area contributed by atoms with Gasteiger partial charge in [0.2, 0.25) is 0 Å². The third kappa shape index (κ3) is 2.76. The summed E-state index contributed by atoms with van der Waals surface area (Å²) in [5.41, 5.74) is -1.45. The van der Waals surface area contributed by atoms with E-state index < -0.39 is 41.8 Å². The topological polar surface area (TPSA) is 136 Å². The number of hydrogen-bond acceptors (Lipinski definition) is 6. The van der Waals surface area contributed by atoms with Crippen molar-refractivity contribution in [3.63, 3.8) is 0 Å². The van der Waals surface area contributed by atoms with Crippen LogP contribution < -0.4 is 11.2 Å². The van der Waals surface area contributed by atoms with Crippen LogP contribution in [0.15, 0.2) is 26.8 Å². The molecule has 5 N–H and O–H groups in total. The van der Waals surface area contributed by atoms with Gasteiger partial charge in [-0.1, -0.05) is 15.9 Å². The first-order chi connectivity index (χ1) is 9.45. The van der Waals surface area contributed by atoms with Crippen LogP contribution in [0.1, 0.15) is 11.7 Å². The first-order valence-corrected chi connectivity index (χ1v) is 6.65. The lowest BCUT2D eigenvalue weighted by molar-refractivity contribution is -0.0490. The van der Waals surface area contributed by atoms with Gasteiger partial charge in [0.15, 0.2) is 0 Å². The van der Waals surface area contributed by atoms with E-state index in [4.69, 9.17) is 4.74 Å². The van der Waals surface area contributed by atoms with Gasteiger partial charge in [-0.25, -0.2) is 4.79 Å². The van der Waals surface area contributed by atoms with Gasteiger partial charge in [-0.15, -0.1) is 0 Å². The van der Waals surface area contributed by atoms with Crippen molar-refractivity contribution >= 4 is 15.9 Å². The smallest absolute Gasteiger partial charge is 0.325 e. The SMILES string of the molecule is O=c1[nH]cc(C2O[C@H](C(O)C=CBr)[C@@H](O)[C@@H]2O)c(=O)[nH]1. The first-order valence-electron chi connectivity index (χ1n) is 5.74. The fourth-order valence-electron chi connectivity index (χ4n) is 2.06. The average Bonchev–Trinajstić information content (AvgIpc) is 2.67. The number of hydrogen-bond donors (Lipinski definition) is 5. The molecule has 9 heteroatoms. The lowest BCUT2D eigenvalue weighted by atomic mass is 10.0. The molecule has 1 fully saturated rings. The van der Waals surface area contributed by atoms with E-state index in [2.05, 4.69) is 20.9 Å². The normalized spacial score (nSPS) is 31.8. The van der Waals surface area contributed by atoms with Crippen LogP contribution in [0.4, 0.5) is 0 Å². The molecule has 0 aliphatic carbocycles. The maximum atomic E-state index is 11.6. The summed E-state index contributed by atoms with van der Waals surface area (Å²) in [6, 6.07) is 0. The zero-order valence-electron chi connectivity index (χ0n) is 10.1. The molecule has 20 heavy (non-hydrogen) atoms. The van der Waals surface area contributed by atoms with Gasteiger partial charge in [-0.2, -0.15) is 0 Å². The van der Waals surface area contributed by atoms with Crippen molar-refractivity contribution in [1.82, 2.24) is 9.97 Å². The lowest BCUT2D eigenvalue weighted by Crippen LogP contribution is -2.37. The fraction of sp³-hybridized carbons (Fsp3) is 0.455. The maximum absolute atomic E-state index is 11.6. The van der Waals surface area contributed by atoms with Crippen molar-refractivity contribution in [2.45, 2.75) is 30.5 Å². The van der Waals surface area contributed by atoms with Gasteiger partial charge in [-0.3, -0.25) is 9.78 Å². The van der Waals surface area contributed by atoms with Crippen LogP contribution in [-0.4, -0.2) is 49.7 Å². The summed E-state index contributed by atoms with van der Waals surface area (Å²) < 4.78 is 5.34. The van der Waals surface area contributed by atoms with E-state index in [9.17, 15) is 24.9 Å². The Labute approximate surface area is 120 Å². The minimum Gasteiger partial charge on any atom is -0.387 e. The number of aliphatic hydroxyl groups excluding tert-OH is 3. The Bertz CT molecular complexity index is 611. The Balaban J connectivity index is 2.30. The van der Waals surface area contributed by atoms with Crippen molar-refractivity contribution in [3.8, 4) is 0 Å². The molecule has 110 valence electrons. The van der Waals surface area contributed by atoms with E-state index in [1.54, 1.807) is 0 Å². The number of aromatic nitrogens is 2. The van der Waals surface area contributed by atoms with Crippen LogP contribution in [0.5, 0.6) is 0 Å². The molecule has 0 saturated carbocycles. The molecule has 1 saturated heterocycles. The standard InChI is InChI=1S/C11H13BrN2O6/c12-2-1-5(15)9-7(17)6(16)8(20-9)4-3-13-11(19)14-10(4)18/h1-3,5-9,15-17H,(H2,13,14,18,19)/t5?,6-,7-,8?,9+/m0/s1.